The summed E-state index contributed by atoms with van der Waals surface area (Å²) in [4.78, 5) is 12.1. The lowest BCUT2D eigenvalue weighted by molar-refractivity contribution is -0.122. The Morgan fingerprint density at radius 2 is 1.31 bits per heavy atom. The van der Waals surface area contributed by atoms with E-state index in [1.165, 1.54) is 70.6 Å². The molecule has 0 aliphatic carbocycles. The fourth-order valence-corrected chi connectivity index (χ4v) is 4.08. The number of amides is 1. The highest BCUT2D eigenvalue weighted by molar-refractivity contribution is 6.11. The molecule has 29 heavy (non-hydrogen) atoms. The average Bonchev–Trinajstić information content (AvgIpc) is 3.04. The zero-order valence-corrected chi connectivity index (χ0v) is 19.1. The van der Waals surface area contributed by atoms with Gasteiger partial charge in [0.15, 0.2) is 0 Å². The Kier molecular flexibility index (Phi) is 15.6. The van der Waals surface area contributed by atoms with E-state index >= 15 is 0 Å². The van der Waals surface area contributed by atoms with Gasteiger partial charge in [0.25, 0.3) is 0 Å². The van der Waals surface area contributed by atoms with Gasteiger partial charge in [-0.05, 0) is 6.42 Å². The van der Waals surface area contributed by atoms with Crippen LogP contribution in [0.2, 0.25) is 0 Å². The van der Waals surface area contributed by atoms with Gasteiger partial charge in [-0.3, -0.25) is 4.79 Å². The van der Waals surface area contributed by atoms with Gasteiger partial charge in [-0.1, -0.05) is 84.0 Å². The molecule has 0 saturated carbocycles. The van der Waals surface area contributed by atoms with E-state index in [0.29, 0.717) is 13.0 Å². The fourth-order valence-electron chi connectivity index (χ4n) is 4.08. The lowest BCUT2D eigenvalue weighted by atomic mass is 9.93. The van der Waals surface area contributed by atoms with Crippen molar-refractivity contribution in [1.29, 1.82) is 0 Å². The molecule has 1 aliphatic rings. The van der Waals surface area contributed by atoms with E-state index in [1.54, 1.807) is 14.2 Å². The third-order valence-corrected chi connectivity index (χ3v) is 5.90. The summed E-state index contributed by atoms with van der Waals surface area (Å²) in [5.41, 5.74) is 0. The molecule has 1 N–H and O–H groups in total. The van der Waals surface area contributed by atoms with E-state index in [2.05, 4.69) is 12.2 Å². The summed E-state index contributed by atoms with van der Waals surface area (Å²) in [5, 5.41) is 2.94. The molecule has 1 fully saturated rings. The van der Waals surface area contributed by atoms with Crippen LogP contribution in [0.1, 0.15) is 96.8 Å². The Morgan fingerprint density at radius 1 is 0.828 bits per heavy atom. The predicted octanol–water partition coefficient (Wildman–Crippen LogP) is 4.51. The first-order chi connectivity index (χ1) is 14.1. The third kappa shape index (κ3) is 11.4. The van der Waals surface area contributed by atoms with E-state index in [9.17, 15) is 4.79 Å². The van der Waals surface area contributed by atoms with E-state index in [-0.39, 0.29) is 24.2 Å². The molecule has 1 saturated heterocycles. The maximum absolute atomic E-state index is 12.1. The lowest BCUT2D eigenvalue weighted by Crippen LogP contribution is -2.41. The molecule has 6 heteroatoms. The molecule has 1 aliphatic heterocycles. The van der Waals surface area contributed by atoms with Crippen molar-refractivity contribution in [1.82, 2.24) is 5.32 Å². The maximum Gasteiger partial charge on any atom is 0.220 e. The summed E-state index contributed by atoms with van der Waals surface area (Å²) in [6.45, 7) is 2.67. The minimum absolute atomic E-state index is 0.0703. The Bertz CT molecular complexity index is 410. The molecule has 0 aromatic rings. The molecule has 0 aromatic carbocycles. The maximum atomic E-state index is 12.1. The number of ether oxygens (including phenoxy) is 3. The van der Waals surface area contributed by atoms with Crippen molar-refractivity contribution in [3.05, 3.63) is 0 Å². The van der Waals surface area contributed by atoms with Crippen molar-refractivity contribution in [2.75, 3.05) is 20.8 Å². The van der Waals surface area contributed by atoms with Crippen molar-refractivity contribution in [2.45, 2.75) is 121 Å². The van der Waals surface area contributed by atoms with Crippen LogP contribution in [0, 0.1) is 0 Å². The Morgan fingerprint density at radius 3 is 1.79 bits per heavy atom. The molecular formula is C23H44BNO4. The minimum Gasteiger partial charge on any atom is -0.377 e. The number of nitrogens with one attached hydrogen (secondary N) is 1. The van der Waals surface area contributed by atoms with Gasteiger partial charge in [0.1, 0.15) is 26.2 Å². The van der Waals surface area contributed by atoms with Gasteiger partial charge in [0.2, 0.25) is 5.91 Å². The quantitative estimate of drug-likeness (QED) is 0.267. The number of rotatable bonds is 18. The van der Waals surface area contributed by atoms with Crippen molar-refractivity contribution in [3.8, 4) is 0 Å². The van der Waals surface area contributed by atoms with E-state index in [0.717, 1.165) is 12.8 Å². The Hall–Kier alpha value is -0.585. The highest BCUT2D eigenvalue weighted by atomic mass is 16.6. The van der Waals surface area contributed by atoms with E-state index < -0.39 is 6.00 Å². The molecule has 0 bridgehead atoms. The second-order valence-electron chi connectivity index (χ2n) is 8.34. The van der Waals surface area contributed by atoms with Gasteiger partial charge in [-0.2, -0.15) is 0 Å². The first kappa shape index (κ1) is 26.5. The number of hydrogen-bond donors (Lipinski definition) is 1. The molecule has 1 heterocycles. The van der Waals surface area contributed by atoms with Gasteiger partial charge in [0.05, 0.1) is 0 Å². The second-order valence-corrected chi connectivity index (χ2v) is 8.34. The minimum atomic E-state index is -0.520. The Balaban J connectivity index is 1.93. The fraction of sp³-hybridized carbons (Fsp3) is 0.957. The highest BCUT2D eigenvalue weighted by Gasteiger charge is 2.42. The monoisotopic (exact) mass is 409 g/mol. The van der Waals surface area contributed by atoms with Gasteiger partial charge in [-0.15, -0.1) is 0 Å². The van der Waals surface area contributed by atoms with Crippen LogP contribution in [0.3, 0.4) is 0 Å². The summed E-state index contributed by atoms with van der Waals surface area (Å²) in [6.07, 6.45) is 16.8. The summed E-state index contributed by atoms with van der Waals surface area (Å²) in [7, 11) is 9.11. The molecule has 0 aromatic heterocycles. The number of carbonyl (C=O) groups excluding carboxylic acids is 1. The first-order valence-electron chi connectivity index (χ1n) is 11.9. The largest absolute Gasteiger partial charge is 0.377 e. The molecule has 0 spiro atoms. The summed E-state index contributed by atoms with van der Waals surface area (Å²) < 4.78 is 16.4. The van der Waals surface area contributed by atoms with Crippen LogP contribution in [0.4, 0.5) is 0 Å². The van der Waals surface area contributed by atoms with Crippen molar-refractivity contribution in [2.24, 2.45) is 0 Å². The van der Waals surface area contributed by atoms with E-state index in [4.69, 9.17) is 22.1 Å². The Labute approximate surface area is 180 Å². The smallest absolute Gasteiger partial charge is 0.220 e. The van der Waals surface area contributed by atoms with Gasteiger partial charge < -0.3 is 19.5 Å². The van der Waals surface area contributed by atoms with Crippen LogP contribution in [-0.2, 0) is 19.0 Å². The van der Waals surface area contributed by atoms with Crippen molar-refractivity contribution < 1.29 is 19.0 Å². The van der Waals surface area contributed by atoms with Crippen LogP contribution in [0.15, 0.2) is 0 Å². The molecular weight excluding hydrogens is 365 g/mol. The van der Waals surface area contributed by atoms with Crippen LogP contribution < -0.4 is 5.32 Å². The molecule has 5 nitrogen and oxygen atoms in total. The number of unbranched alkanes of at least 4 members (excludes halogenated alkanes) is 12. The second kappa shape index (κ2) is 17.1. The van der Waals surface area contributed by atoms with Crippen LogP contribution in [-0.4, -0.2) is 58.8 Å². The van der Waals surface area contributed by atoms with Crippen molar-refractivity contribution >= 4 is 13.8 Å². The number of hydrogen-bond acceptors (Lipinski definition) is 4. The first-order valence-corrected chi connectivity index (χ1v) is 11.9. The molecule has 4 atom stereocenters. The normalized spacial score (nSPS) is 24.1. The van der Waals surface area contributed by atoms with Crippen LogP contribution in [0.25, 0.3) is 0 Å². The summed E-state index contributed by atoms with van der Waals surface area (Å²) in [6, 6.07) is -0.520. The van der Waals surface area contributed by atoms with Gasteiger partial charge >= 0.3 is 0 Å². The standard InChI is InChI=1S/C23H44BNO4/c1-4-5-6-7-8-9-10-11-12-13-14-15-16-17-20(26)25-18-19-21(27-2)22(28-3)23(24)29-19/h19,21-23H,4-18H2,1-3H3,(H,25,26). The molecule has 2 radical (unpaired) electrons. The van der Waals surface area contributed by atoms with Crippen molar-refractivity contribution in [3.63, 3.8) is 0 Å². The third-order valence-electron chi connectivity index (χ3n) is 5.90. The van der Waals surface area contributed by atoms with Gasteiger partial charge in [-0.25, -0.2) is 0 Å². The zero-order chi connectivity index (χ0) is 21.3. The topological polar surface area (TPSA) is 56.8 Å². The molecule has 1 rings (SSSR count). The summed E-state index contributed by atoms with van der Waals surface area (Å²) >= 11 is 0. The lowest BCUT2D eigenvalue weighted by Gasteiger charge is -2.21. The SMILES string of the molecule is [B]C1OC(CNC(=O)CCCCCCCCCCCCCCC)C(OC)C1OC. The molecule has 168 valence electrons. The van der Waals surface area contributed by atoms with E-state index in [1.807, 2.05) is 0 Å². The number of methoxy groups -OCH3 is 2. The van der Waals surface area contributed by atoms with Crippen LogP contribution >= 0.6 is 0 Å². The average molecular weight is 409 g/mol. The zero-order valence-electron chi connectivity index (χ0n) is 19.1. The highest BCUT2D eigenvalue weighted by Crippen LogP contribution is 2.23. The predicted molar refractivity (Wildman–Crippen MR) is 119 cm³/mol. The number of carbonyl (C=O) groups is 1. The van der Waals surface area contributed by atoms with Crippen LogP contribution in [0.5, 0.6) is 0 Å². The molecule has 4 unspecified atom stereocenters. The van der Waals surface area contributed by atoms with Gasteiger partial charge in [0, 0.05) is 33.2 Å². The summed E-state index contributed by atoms with van der Waals surface area (Å²) in [5.74, 6) is 0.0703. The molecule has 1 amide bonds.